The fraction of sp³-hybridized carbons (Fsp3) is 0.667. The summed E-state index contributed by atoms with van der Waals surface area (Å²) >= 11 is 3.46. The molecule has 1 aromatic rings. The van der Waals surface area contributed by atoms with Crippen molar-refractivity contribution in [3.05, 3.63) is 34.1 Å². The number of hydrogen-bond acceptors (Lipinski definition) is 1. The van der Waals surface area contributed by atoms with Gasteiger partial charge in [0.2, 0.25) is 0 Å². The van der Waals surface area contributed by atoms with Crippen molar-refractivity contribution < 1.29 is 4.39 Å². The van der Waals surface area contributed by atoms with Gasteiger partial charge in [-0.3, -0.25) is 0 Å². The molecule has 21 heavy (non-hydrogen) atoms. The van der Waals surface area contributed by atoms with Gasteiger partial charge in [0.1, 0.15) is 5.82 Å². The van der Waals surface area contributed by atoms with Crippen LogP contribution >= 0.6 is 15.9 Å². The molecule has 1 nitrogen and oxygen atoms in total. The Balaban J connectivity index is 1.52. The highest BCUT2D eigenvalue weighted by molar-refractivity contribution is 9.10. The van der Waals surface area contributed by atoms with Crippen LogP contribution in [0.3, 0.4) is 0 Å². The molecular formula is C18H23BrFN. The molecule has 1 aromatic carbocycles. The van der Waals surface area contributed by atoms with E-state index in [0.717, 1.165) is 33.7 Å². The molecule has 1 unspecified atom stereocenters. The normalized spacial score (nSPS) is 38.7. The summed E-state index contributed by atoms with van der Waals surface area (Å²) in [7, 11) is 0. The largest absolute Gasteiger partial charge is 0.307 e. The summed E-state index contributed by atoms with van der Waals surface area (Å²) in [6.07, 6.45) is 7.09. The van der Waals surface area contributed by atoms with Gasteiger partial charge < -0.3 is 5.32 Å². The molecule has 3 heteroatoms. The summed E-state index contributed by atoms with van der Waals surface area (Å²) in [4.78, 5) is 0. The van der Waals surface area contributed by atoms with Gasteiger partial charge in [0.05, 0.1) is 0 Å². The summed E-state index contributed by atoms with van der Waals surface area (Å²) < 4.78 is 15.0. The fourth-order valence-corrected chi connectivity index (χ4v) is 5.80. The van der Waals surface area contributed by atoms with Gasteiger partial charge in [-0.15, -0.1) is 0 Å². The Morgan fingerprint density at radius 3 is 2.33 bits per heavy atom. The lowest BCUT2D eigenvalue weighted by Crippen LogP contribution is -2.54. The number of halogens is 2. The third-order valence-corrected chi connectivity index (χ3v) is 6.59. The first-order valence-electron chi connectivity index (χ1n) is 8.31. The second kappa shape index (κ2) is 5.34. The molecule has 114 valence electrons. The van der Waals surface area contributed by atoms with Crippen molar-refractivity contribution in [1.82, 2.24) is 5.32 Å². The van der Waals surface area contributed by atoms with Crippen LogP contribution in [0.4, 0.5) is 4.39 Å². The maximum atomic E-state index is 14.1. The van der Waals surface area contributed by atoms with Crippen LogP contribution in [0.1, 0.15) is 50.6 Å². The maximum Gasteiger partial charge on any atom is 0.128 e. The highest BCUT2D eigenvalue weighted by atomic mass is 79.9. The molecule has 4 saturated carbocycles. The molecule has 4 bridgehead atoms. The van der Waals surface area contributed by atoms with E-state index >= 15 is 0 Å². The molecule has 5 rings (SSSR count). The summed E-state index contributed by atoms with van der Waals surface area (Å²) in [6, 6.07) is 5.95. The monoisotopic (exact) mass is 351 g/mol. The number of rotatable bonds is 3. The minimum atomic E-state index is -0.0954. The van der Waals surface area contributed by atoms with Crippen LogP contribution in [0.5, 0.6) is 0 Å². The topological polar surface area (TPSA) is 12.0 Å². The lowest BCUT2D eigenvalue weighted by Gasteiger charge is -2.55. The van der Waals surface area contributed by atoms with E-state index in [2.05, 4.69) is 28.2 Å². The van der Waals surface area contributed by atoms with E-state index in [0.29, 0.717) is 6.04 Å². The zero-order valence-corrected chi connectivity index (χ0v) is 14.1. The van der Waals surface area contributed by atoms with Gasteiger partial charge in [0.25, 0.3) is 0 Å². The first kappa shape index (κ1) is 14.2. The lowest BCUT2D eigenvalue weighted by molar-refractivity contribution is -0.0172. The third kappa shape index (κ3) is 2.57. The molecule has 0 saturated heterocycles. The molecule has 4 aliphatic carbocycles. The average Bonchev–Trinajstić information content (AvgIpc) is 2.44. The molecule has 0 heterocycles. The third-order valence-electron chi connectivity index (χ3n) is 6.09. The maximum absolute atomic E-state index is 14.1. The number of nitrogens with one attached hydrogen (secondary N) is 1. The minimum Gasteiger partial charge on any atom is -0.307 e. The molecule has 4 fully saturated rings. The molecule has 0 spiro atoms. The van der Waals surface area contributed by atoms with Gasteiger partial charge in [0.15, 0.2) is 0 Å². The fourth-order valence-electron chi connectivity index (χ4n) is 5.42. The SMILES string of the molecule is CC(NC1C2CC3CC(C2)CC1C3)c1cc(Br)ccc1F. The Kier molecular flexibility index (Phi) is 3.61. The quantitative estimate of drug-likeness (QED) is 0.801. The van der Waals surface area contributed by atoms with E-state index in [4.69, 9.17) is 0 Å². The van der Waals surface area contributed by atoms with Crippen LogP contribution in [0, 0.1) is 29.5 Å². The Morgan fingerprint density at radius 1 is 1.10 bits per heavy atom. The van der Waals surface area contributed by atoms with Crippen molar-refractivity contribution in [1.29, 1.82) is 0 Å². The predicted molar refractivity (Wildman–Crippen MR) is 86.5 cm³/mol. The van der Waals surface area contributed by atoms with Crippen molar-refractivity contribution in [2.75, 3.05) is 0 Å². The van der Waals surface area contributed by atoms with Crippen molar-refractivity contribution in [2.45, 2.75) is 51.1 Å². The van der Waals surface area contributed by atoms with Crippen LogP contribution in [-0.2, 0) is 0 Å². The van der Waals surface area contributed by atoms with E-state index in [-0.39, 0.29) is 11.9 Å². The summed E-state index contributed by atoms with van der Waals surface area (Å²) in [6.45, 7) is 2.11. The Labute approximate surface area is 134 Å². The minimum absolute atomic E-state index is 0.0880. The smallest absolute Gasteiger partial charge is 0.128 e. The van der Waals surface area contributed by atoms with E-state index in [1.807, 2.05) is 6.07 Å². The molecule has 0 aliphatic heterocycles. The standard InChI is InChI=1S/C18H23BrFN/c1-10(16-9-15(19)2-3-17(16)20)21-18-13-5-11-4-12(7-13)8-14(18)6-11/h2-3,9-14,18,21H,4-8H2,1H3. The second-order valence-corrected chi connectivity index (χ2v) is 8.43. The summed E-state index contributed by atoms with van der Waals surface area (Å²) in [5.41, 5.74) is 0.790. The van der Waals surface area contributed by atoms with E-state index in [1.165, 1.54) is 32.1 Å². The van der Waals surface area contributed by atoms with Gasteiger partial charge in [0, 0.05) is 22.1 Å². The highest BCUT2D eigenvalue weighted by Gasteiger charge is 2.48. The Hall–Kier alpha value is -0.410. The molecule has 1 atom stereocenters. The Morgan fingerprint density at radius 2 is 1.71 bits per heavy atom. The van der Waals surface area contributed by atoms with Crippen LogP contribution in [-0.4, -0.2) is 6.04 Å². The number of hydrogen-bond donors (Lipinski definition) is 1. The molecule has 0 aromatic heterocycles. The van der Waals surface area contributed by atoms with E-state index in [1.54, 1.807) is 12.1 Å². The second-order valence-electron chi connectivity index (χ2n) is 7.51. The van der Waals surface area contributed by atoms with Gasteiger partial charge in [-0.2, -0.15) is 0 Å². The van der Waals surface area contributed by atoms with Crippen LogP contribution in [0.15, 0.2) is 22.7 Å². The van der Waals surface area contributed by atoms with Gasteiger partial charge in [-0.25, -0.2) is 4.39 Å². The molecule has 0 amide bonds. The number of benzene rings is 1. The molecule has 4 aliphatic rings. The Bertz CT molecular complexity index is 516. The average molecular weight is 352 g/mol. The van der Waals surface area contributed by atoms with Gasteiger partial charge >= 0.3 is 0 Å². The van der Waals surface area contributed by atoms with Crippen LogP contribution in [0.2, 0.25) is 0 Å². The molecular weight excluding hydrogens is 329 g/mol. The first-order chi connectivity index (χ1) is 10.1. The lowest BCUT2D eigenvalue weighted by atomic mass is 9.54. The first-order valence-corrected chi connectivity index (χ1v) is 9.10. The van der Waals surface area contributed by atoms with Gasteiger partial charge in [-0.05, 0) is 80.9 Å². The summed E-state index contributed by atoms with van der Waals surface area (Å²) in [5, 5.41) is 3.79. The zero-order chi connectivity index (χ0) is 14.6. The molecule has 1 N–H and O–H groups in total. The van der Waals surface area contributed by atoms with E-state index in [9.17, 15) is 4.39 Å². The van der Waals surface area contributed by atoms with Crippen molar-refractivity contribution in [3.8, 4) is 0 Å². The highest BCUT2D eigenvalue weighted by Crippen LogP contribution is 2.54. The van der Waals surface area contributed by atoms with Crippen LogP contribution < -0.4 is 5.32 Å². The van der Waals surface area contributed by atoms with E-state index < -0.39 is 0 Å². The van der Waals surface area contributed by atoms with Crippen molar-refractivity contribution >= 4 is 15.9 Å². The van der Waals surface area contributed by atoms with Crippen LogP contribution in [0.25, 0.3) is 0 Å². The summed E-state index contributed by atoms with van der Waals surface area (Å²) in [5.74, 6) is 3.55. The van der Waals surface area contributed by atoms with Crippen molar-refractivity contribution in [2.24, 2.45) is 23.7 Å². The van der Waals surface area contributed by atoms with Crippen molar-refractivity contribution in [3.63, 3.8) is 0 Å². The predicted octanol–water partition coefficient (Wildman–Crippen LogP) is 5.06. The zero-order valence-electron chi connectivity index (χ0n) is 12.5. The van der Waals surface area contributed by atoms with Gasteiger partial charge in [-0.1, -0.05) is 15.9 Å². The molecule has 0 radical (unpaired) electrons.